The van der Waals surface area contributed by atoms with E-state index in [1.165, 1.54) is 6.07 Å². The van der Waals surface area contributed by atoms with Crippen LogP contribution in [-0.2, 0) is 13.1 Å². The Morgan fingerprint density at radius 3 is 2.48 bits per heavy atom. The van der Waals surface area contributed by atoms with E-state index in [2.05, 4.69) is 21.3 Å². The Hall–Kier alpha value is -1.33. The maximum Gasteiger partial charge on any atom is 0.223 e. The first-order valence-corrected chi connectivity index (χ1v) is 7.62. The summed E-state index contributed by atoms with van der Waals surface area (Å²) in [7, 11) is 6.06. The molecule has 0 aromatic carbocycles. The molecule has 0 fully saturated rings. The molecule has 0 aliphatic heterocycles. The Bertz CT molecular complexity index is 509. The standard InChI is InChI=1S/C16H29N3O2/c1-6-7-8-18(5)12-14-16(21)15(20)11-13(2)19(14)10-9-17(3)4/h11,21H,6-10,12H2,1-5H3. The lowest BCUT2D eigenvalue weighted by molar-refractivity contribution is 0.296. The van der Waals surface area contributed by atoms with Crippen LogP contribution in [0.15, 0.2) is 10.9 Å². The van der Waals surface area contributed by atoms with Crippen molar-refractivity contribution in [1.82, 2.24) is 14.4 Å². The molecule has 0 saturated carbocycles. The highest BCUT2D eigenvalue weighted by atomic mass is 16.3. The van der Waals surface area contributed by atoms with Crippen LogP contribution in [0.25, 0.3) is 0 Å². The van der Waals surface area contributed by atoms with Crippen molar-refractivity contribution in [3.05, 3.63) is 27.7 Å². The summed E-state index contributed by atoms with van der Waals surface area (Å²) in [6, 6.07) is 1.51. The summed E-state index contributed by atoms with van der Waals surface area (Å²) in [6.45, 7) is 7.28. The zero-order valence-corrected chi connectivity index (χ0v) is 14.0. The summed E-state index contributed by atoms with van der Waals surface area (Å²) >= 11 is 0. The molecule has 0 aliphatic carbocycles. The third-order valence-electron chi connectivity index (χ3n) is 3.68. The Morgan fingerprint density at radius 1 is 1.24 bits per heavy atom. The maximum absolute atomic E-state index is 11.9. The lowest BCUT2D eigenvalue weighted by atomic mass is 10.2. The van der Waals surface area contributed by atoms with Crippen LogP contribution in [0.1, 0.15) is 31.2 Å². The molecule has 1 N–H and O–H groups in total. The summed E-state index contributed by atoms with van der Waals surface area (Å²) in [6.07, 6.45) is 2.25. The molecule has 0 aliphatic rings. The second kappa shape index (κ2) is 8.20. The van der Waals surface area contributed by atoms with E-state index in [1.807, 2.05) is 28.1 Å². The number of unbranched alkanes of at least 4 members (excludes halogenated alkanes) is 1. The number of pyridine rings is 1. The average Bonchev–Trinajstić information content (AvgIpc) is 2.41. The highest BCUT2D eigenvalue weighted by Crippen LogP contribution is 2.16. The van der Waals surface area contributed by atoms with E-state index in [4.69, 9.17) is 0 Å². The van der Waals surface area contributed by atoms with Gasteiger partial charge in [-0.25, -0.2) is 0 Å². The molecule has 5 heteroatoms. The molecule has 21 heavy (non-hydrogen) atoms. The van der Waals surface area contributed by atoms with Gasteiger partial charge in [0.15, 0.2) is 5.75 Å². The van der Waals surface area contributed by atoms with Crippen molar-refractivity contribution in [3.63, 3.8) is 0 Å². The van der Waals surface area contributed by atoms with Crippen LogP contribution in [-0.4, -0.2) is 53.7 Å². The number of aromatic nitrogens is 1. The van der Waals surface area contributed by atoms with E-state index in [9.17, 15) is 9.90 Å². The third kappa shape index (κ3) is 5.17. The number of aromatic hydroxyl groups is 1. The first-order chi connectivity index (χ1) is 9.86. The summed E-state index contributed by atoms with van der Waals surface area (Å²) < 4.78 is 2.05. The van der Waals surface area contributed by atoms with Crippen molar-refractivity contribution in [2.24, 2.45) is 0 Å². The van der Waals surface area contributed by atoms with Gasteiger partial charge in [-0.05, 0) is 41.0 Å². The normalized spacial score (nSPS) is 11.6. The molecular weight excluding hydrogens is 266 g/mol. The number of aryl methyl sites for hydroxylation is 1. The number of rotatable bonds is 8. The largest absolute Gasteiger partial charge is 0.503 e. The van der Waals surface area contributed by atoms with Gasteiger partial charge in [-0.15, -0.1) is 0 Å². The van der Waals surface area contributed by atoms with Crippen LogP contribution in [0.2, 0.25) is 0 Å². The van der Waals surface area contributed by atoms with Crippen molar-refractivity contribution in [2.75, 3.05) is 34.2 Å². The predicted molar refractivity (Wildman–Crippen MR) is 86.9 cm³/mol. The summed E-state index contributed by atoms with van der Waals surface area (Å²) in [4.78, 5) is 16.1. The summed E-state index contributed by atoms with van der Waals surface area (Å²) in [5.41, 5.74) is 1.34. The first-order valence-electron chi connectivity index (χ1n) is 7.62. The van der Waals surface area contributed by atoms with Crippen LogP contribution < -0.4 is 5.43 Å². The fourth-order valence-electron chi connectivity index (χ4n) is 2.35. The molecule has 1 heterocycles. The Kier molecular flexibility index (Phi) is 6.92. The monoisotopic (exact) mass is 295 g/mol. The van der Waals surface area contributed by atoms with Gasteiger partial charge in [0.25, 0.3) is 0 Å². The zero-order valence-electron chi connectivity index (χ0n) is 14.0. The van der Waals surface area contributed by atoms with Crippen LogP contribution >= 0.6 is 0 Å². The second-order valence-corrected chi connectivity index (χ2v) is 5.99. The molecule has 0 amide bonds. The lowest BCUT2D eigenvalue weighted by Crippen LogP contribution is -2.27. The Balaban J connectivity index is 3.05. The summed E-state index contributed by atoms with van der Waals surface area (Å²) in [5, 5.41) is 10.2. The van der Waals surface area contributed by atoms with Gasteiger partial charge in [0, 0.05) is 31.4 Å². The van der Waals surface area contributed by atoms with E-state index in [1.54, 1.807) is 0 Å². The van der Waals surface area contributed by atoms with E-state index < -0.39 is 0 Å². The third-order valence-corrected chi connectivity index (χ3v) is 3.68. The molecule has 0 radical (unpaired) electrons. The molecule has 0 saturated heterocycles. The quantitative estimate of drug-likeness (QED) is 0.792. The number of likely N-dealkylation sites (N-methyl/N-ethyl adjacent to an activating group) is 1. The molecule has 5 nitrogen and oxygen atoms in total. The van der Waals surface area contributed by atoms with Crippen molar-refractivity contribution >= 4 is 0 Å². The van der Waals surface area contributed by atoms with Gasteiger partial charge in [0.2, 0.25) is 5.43 Å². The van der Waals surface area contributed by atoms with Crippen LogP contribution in [0.3, 0.4) is 0 Å². The zero-order chi connectivity index (χ0) is 16.0. The van der Waals surface area contributed by atoms with E-state index in [0.717, 1.165) is 43.9 Å². The van der Waals surface area contributed by atoms with E-state index >= 15 is 0 Å². The highest BCUT2D eigenvalue weighted by molar-refractivity contribution is 5.29. The predicted octanol–water partition coefficient (Wildman–Crippen LogP) is 1.66. The molecule has 120 valence electrons. The fourth-order valence-corrected chi connectivity index (χ4v) is 2.35. The number of hydrogen-bond acceptors (Lipinski definition) is 4. The Morgan fingerprint density at radius 2 is 1.90 bits per heavy atom. The fraction of sp³-hybridized carbons (Fsp3) is 0.688. The van der Waals surface area contributed by atoms with Gasteiger partial charge in [-0.2, -0.15) is 0 Å². The van der Waals surface area contributed by atoms with E-state index in [-0.39, 0.29) is 11.2 Å². The van der Waals surface area contributed by atoms with Gasteiger partial charge in [-0.1, -0.05) is 13.3 Å². The molecule has 0 bridgehead atoms. The molecular formula is C16H29N3O2. The average molecular weight is 295 g/mol. The van der Waals surface area contributed by atoms with Gasteiger partial charge in [0.05, 0.1) is 5.69 Å². The SMILES string of the molecule is CCCCN(C)Cc1c(O)c(=O)cc(C)n1CCN(C)C. The summed E-state index contributed by atoms with van der Waals surface area (Å²) in [5.74, 6) is -0.109. The topological polar surface area (TPSA) is 48.7 Å². The first kappa shape index (κ1) is 17.7. The minimum absolute atomic E-state index is 0.109. The van der Waals surface area contributed by atoms with Crippen LogP contribution in [0, 0.1) is 6.92 Å². The minimum atomic E-state index is -0.285. The van der Waals surface area contributed by atoms with Crippen molar-refractivity contribution in [2.45, 2.75) is 39.8 Å². The molecule has 0 atom stereocenters. The van der Waals surface area contributed by atoms with Gasteiger partial charge in [0.1, 0.15) is 0 Å². The second-order valence-electron chi connectivity index (χ2n) is 5.99. The molecule has 0 unspecified atom stereocenters. The van der Waals surface area contributed by atoms with E-state index in [0.29, 0.717) is 6.54 Å². The Labute approximate surface area is 127 Å². The highest BCUT2D eigenvalue weighted by Gasteiger charge is 2.14. The lowest BCUT2D eigenvalue weighted by Gasteiger charge is -2.23. The van der Waals surface area contributed by atoms with Gasteiger partial charge < -0.3 is 19.5 Å². The van der Waals surface area contributed by atoms with Gasteiger partial charge in [-0.3, -0.25) is 4.79 Å². The minimum Gasteiger partial charge on any atom is -0.503 e. The molecule has 1 aromatic rings. The number of nitrogens with zero attached hydrogens (tertiary/aromatic N) is 3. The van der Waals surface area contributed by atoms with Crippen LogP contribution in [0.5, 0.6) is 5.75 Å². The molecule has 1 rings (SSSR count). The molecule has 0 spiro atoms. The van der Waals surface area contributed by atoms with Crippen molar-refractivity contribution < 1.29 is 5.11 Å². The van der Waals surface area contributed by atoms with Crippen molar-refractivity contribution in [3.8, 4) is 5.75 Å². The van der Waals surface area contributed by atoms with Gasteiger partial charge >= 0.3 is 0 Å². The number of hydrogen-bond donors (Lipinski definition) is 1. The molecule has 1 aromatic heterocycles. The van der Waals surface area contributed by atoms with Crippen molar-refractivity contribution in [1.29, 1.82) is 0 Å². The maximum atomic E-state index is 11.9. The van der Waals surface area contributed by atoms with Crippen LogP contribution in [0.4, 0.5) is 0 Å². The smallest absolute Gasteiger partial charge is 0.223 e.